The molecule has 18 heavy (non-hydrogen) atoms. The molecule has 0 aliphatic carbocycles. The average Bonchev–Trinajstić information content (AvgIpc) is 2.86. The molecule has 3 rings (SSSR count). The van der Waals surface area contributed by atoms with Crippen LogP contribution in [0, 0.1) is 0 Å². The smallest absolute Gasteiger partial charge is 0.161 e. The third kappa shape index (κ3) is 2.32. The Hall–Kier alpha value is -1.59. The van der Waals surface area contributed by atoms with Crippen LogP contribution in [0.2, 0.25) is 0 Å². The van der Waals surface area contributed by atoms with Crippen LogP contribution in [-0.4, -0.2) is 23.3 Å². The summed E-state index contributed by atoms with van der Waals surface area (Å²) in [5.74, 6) is 1.61. The summed E-state index contributed by atoms with van der Waals surface area (Å²) in [6, 6.07) is 5.95. The lowest BCUT2D eigenvalue weighted by Crippen LogP contribution is -2.15. The van der Waals surface area contributed by atoms with Gasteiger partial charge in [0.1, 0.15) is 13.2 Å². The van der Waals surface area contributed by atoms with Crippen molar-refractivity contribution in [3.05, 3.63) is 39.8 Å². The topological polar surface area (TPSA) is 51.6 Å². The first kappa shape index (κ1) is 11.5. The summed E-state index contributed by atoms with van der Waals surface area (Å²) in [4.78, 5) is 4.33. The minimum absolute atomic E-state index is 0.00234. The molecule has 0 radical (unpaired) electrons. The van der Waals surface area contributed by atoms with Gasteiger partial charge in [0, 0.05) is 11.8 Å². The van der Waals surface area contributed by atoms with Gasteiger partial charge in [-0.25, -0.2) is 4.98 Å². The zero-order chi connectivity index (χ0) is 12.4. The molecule has 0 unspecified atom stereocenters. The van der Waals surface area contributed by atoms with Gasteiger partial charge in [-0.3, -0.25) is 0 Å². The molecule has 4 nitrogen and oxygen atoms in total. The molecular formula is C13H13NO3S. The Morgan fingerprint density at radius 1 is 1.22 bits per heavy atom. The van der Waals surface area contributed by atoms with Gasteiger partial charge in [-0.05, 0) is 17.7 Å². The van der Waals surface area contributed by atoms with E-state index in [9.17, 15) is 0 Å². The quantitative estimate of drug-likeness (QED) is 0.920. The van der Waals surface area contributed by atoms with Crippen LogP contribution in [0.15, 0.2) is 23.6 Å². The Morgan fingerprint density at radius 2 is 2.06 bits per heavy atom. The monoisotopic (exact) mass is 263 g/mol. The predicted molar refractivity (Wildman–Crippen MR) is 68.3 cm³/mol. The summed E-state index contributed by atoms with van der Waals surface area (Å²) in [6.45, 7) is 1.21. The van der Waals surface area contributed by atoms with Crippen LogP contribution in [0.5, 0.6) is 11.5 Å². The Kier molecular flexibility index (Phi) is 3.17. The molecule has 2 heterocycles. The third-order valence-electron chi connectivity index (χ3n) is 2.72. The molecule has 1 N–H and O–H groups in total. The largest absolute Gasteiger partial charge is 0.486 e. The maximum Gasteiger partial charge on any atom is 0.161 e. The lowest BCUT2D eigenvalue weighted by molar-refractivity contribution is 0.171. The van der Waals surface area contributed by atoms with Gasteiger partial charge in [-0.1, -0.05) is 6.07 Å². The fraction of sp³-hybridized carbons (Fsp3) is 0.308. The molecule has 0 atom stereocenters. The van der Waals surface area contributed by atoms with Gasteiger partial charge in [-0.2, -0.15) is 0 Å². The van der Waals surface area contributed by atoms with Gasteiger partial charge in [0.15, 0.2) is 11.5 Å². The van der Waals surface area contributed by atoms with Gasteiger partial charge >= 0.3 is 0 Å². The van der Waals surface area contributed by atoms with E-state index in [4.69, 9.17) is 14.6 Å². The van der Waals surface area contributed by atoms with Crippen molar-refractivity contribution in [2.75, 3.05) is 13.2 Å². The number of nitrogens with zero attached hydrogens (tertiary/aromatic N) is 1. The Labute approximate surface area is 109 Å². The Balaban J connectivity index is 1.80. The number of aromatic nitrogens is 1. The summed E-state index contributed by atoms with van der Waals surface area (Å²) in [6.07, 6.45) is 0.751. The van der Waals surface area contributed by atoms with E-state index in [2.05, 4.69) is 4.98 Å². The fourth-order valence-corrected chi connectivity index (χ4v) is 2.69. The minimum Gasteiger partial charge on any atom is -0.486 e. The Bertz CT molecular complexity index is 553. The van der Waals surface area contributed by atoms with E-state index in [0.717, 1.165) is 34.2 Å². The number of thiazole rings is 1. The molecule has 5 heteroatoms. The van der Waals surface area contributed by atoms with Crippen molar-refractivity contribution >= 4 is 11.3 Å². The number of hydrogen-bond acceptors (Lipinski definition) is 5. The molecule has 0 saturated heterocycles. The highest BCUT2D eigenvalue weighted by Crippen LogP contribution is 2.31. The van der Waals surface area contributed by atoms with Crippen molar-refractivity contribution in [3.8, 4) is 11.5 Å². The number of hydrogen-bond donors (Lipinski definition) is 1. The standard InChI is InChI=1S/C13H13NO3S/c15-7-10-8-18-13(14-10)6-9-1-2-11-12(5-9)17-4-3-16-11/h1-2,5,8,15H,3-4,6-7H2. The molecule has 0 fully saturated rings. The van der Waals surface area contributed by atoms with Crippen LogP contribution in [-0.2, 0) is 13.0 Å². The Morgan fingerprint density at radius 3 is 2.83 bits per heavy atom. The number of aliphatic hydroxyl groups excluding tert-OH is 1. The van der Waals surface area contributed by atoms with E-state index in [1.54, 1.807) is 11.3 Å². The molecule has 0 spiro atoms. The van der Waals surface area contributed by atoms with Crippen LogP contribution in [0.25, 0.3) is 0 Å². The molecule has 0 amide bonds. The summed E-state index contributed by atoms with van der Waals surface area (Å²) in [5.41, 5.74) is 1.87. The van der Waals surface area contributed by atoms with E-state index < -0.39 is 0 Å². The molecule has 0 saturated carbocycles. The second-order valence-corrected chi connectivity index (χ2v) is 4.99. The highest BCUT2D eigenvalue weighted by molar-refractivity contribution is 7.09. The van der Waals surface area contributed by atoms with E-state index >= 15 is 0 Å². The van der Waals surface area contributed by atoms with Crippen molar-refractivity contribution in [1.29, 1.82) is 0 Å². The van der Waals surface area contributed by atoms with Crippen LogP contribution in [0.1, 0.15) is 16.3 Å². The summed E-state index contributed by atoms with van der Waals surface area (Å²) < 4.78 is 11.0. The average molecular weight is 263 g/mol. The summed E-state index contributed by atoms with van der Waals surface area (Å²) >= 11 is 1.56. The van der Waals surface area contributed by atoms with Crippen molar-refractivity contribution in [1.82, 2.24) is 4.98 Å². The lowest BCUT2D eigenvalue weighted by atomic mass is 10.1. The molecule has 1 aromatic heterocycles. The van der Waals surface area contributed by atoms with Crippen LogP contribution < -0.4 is 9.47 Å². The first-order valence-electron chi connectivity index (χ1n) is 5.78. The molecule has 1 aliphatic rings. The zero-order valence-corrected chi connectivity index (χ0v) is 10.6. The summed E-state index contributed by atoms with van der Waals surface area (Å²) in [5, 5.41) is 11.9. The number of fused-ring (bicyclic) bond motifs is 1. The van der Waals surface area contributed by atoms with Gasteiger partial charge in [0.05, 0.1) is 17.3 Å². The minimum atomic E-state index is -0.00234. The van der Waals surface area contributed by atoms with E-state index in [0.29, 0.717) is 13.2 Å². The number of aliphatic hydroxyl groups is 1. The van der Waals surface area contributed by atoms with E-state index in [1.165, 1.54) is 0 Å². The summed E-state index contributed by atoms with van der Waals surface area (Å²) in [7, 11) is 0. The van der Waals surface area contributed by atoms with Crippen molar-refractivity contribution in [2.45, 2.75) is 13.0 Å². The van der Waals surface area contributed by atoms with Crippen LogP contribution >= 0.6 is 11.3 Å². The highest BCUT2D eigenvalue weighted by atomic mass is 32.1. The SMILES string of the molecule is OCc1csc(Cc2ccc3c(c2)OCCO3)n1. The fourth-order valence-electron chi connectivity index (χ4n) is 1.88. The second kappa shape index (κ2) is 4.96. The number of rotatable bonds is 3. The van der Waals surface area contributed by atoms with Crippen molar-refractivity contribution in [3.63, 3.8) is 0 Å². The first-order chi connectivity index (χ1) is 8.85. The maximum atomic E-state index is 8.98. The predicted octanol–water partition coefficient (Wildman–Crippen LogP) is 2.00. The molecule has 2 aromatic rings. The molecule has 0 bridgehead atoms. The van der Waals surface area contributed by atoms with E-state index in [-0.39, 0.29) is 6.61 Å². The second-order valence-electron chi connectivity index (χ2n) is 4.05. The van der Waals surface area contributed by atoms with Crippen LogP contribution in [0.4, 0.5) is 0 Å². The van der Waals surface area contributed by atoms with Crippen LogP contribution in [0.3, 0.4) is 0 Å². The number of ether oxygens (including phenoxy) is 2. The normalized spacial score (nSPS) is 13.6. The molecule has 1 aromatic carbocycles. The zero-order valence-electron chi connectivity index (χ0n) is 9.76. The van der Waals surface area contributed by atoms with E-state index in [1.807, 2.05) is 23.6 Å². The number of benzene rings is 1. The first-order valence-corrected chi connectivity index (χ1v) is 6.66. The van der Waals surface area contributed by atoms with Crippen molar-refractivity contribution in [2.24, 2.45) is 0 Å². The van der Waals surface area contributed by atoms with Crippen molar-refractivity contribution < 1.29 is 14.6 Å². The maximum absolute atomic E-state index is 8.98. The molecule has 1 aliphatic heterocycles. The van der Waals surface area contributed by atoms with Gasteiger partial charge < -0.3 is 14.6 Å². The van der Waals surface area contributed by atoms with Gasteiger partial charge in [-0.15, -0.1) is 11.3 Å². The third-order valence-corrected chi connectivity index (χ3v) is 3.62. The molecular weight excluding hydrogens is 250 g/mol. The lowest BCUT2D eigenvalue weighted by Gasteiger charge is -2.18. The highest BCUT2D eigenvalue weighted by Gasteiger charge is 2.12. The molecule has 94 valence electrons. The van der Waals surface area contributed by atoms with Gasteiger partial charge in [0.2, 0.25) is 0 Å². The van der Waals surface area contributed by atoms with Gasteiger partial charge in [0.25, 0.3) is 0 Å².